The van der Waals surface area contributed by atoms with Crippen LogP contribution in [0.3, 0.4) is 0 Å². The van der Waals surface area contributed by atoms with Crippen LogP contribution in [0.15, 0.2) is 36.4 Å². The van der Waals surface area contributed by atoms with Crippen molar-refractivity contribution >= 4 is 17.1 Å². The quantitative estimate of drug-likeness (QED) is 0.446. The topological polar surface area (TPSA) is 99.3 Å². The molecule has 0 radical (unpaired) electrons. The average Bonchev–Trinajstić information content (AvgIpc) is 3.19. The molecule has 4 rings (SSSR count). The fraction of sp³-hybridized carbons (Fsp3) is 0.417. The molecule has 0 spiro atoms. The number of amides is 2. The van der Waals surface area contributed by atoms with Crippen LogP contribution in [0, 0.1) is 11.6 Å². The monoisotopic (exact) mass is 458 g/mol. The molecule has 0 aliphatic heterocycles. The SMILES string of the molecule is COc1c(F)cc(CC(NC(=O)NC2CCC(C)(O)CC2)c2nc3ccccc3[nH]2)cc1F. The van der Waals surface area contributed by atoms with E-state index in [0.29, 0.717) is 37.1 Å². The number of urea groups is 1. The highest BCUT2D eigenvalue weighted by Gasteiger charge is 2.30. The predicted molar refractivity (Wildman–Crippen MR) is 120 cm³/mol. The summed E-state index contributed by atoms with van der Waals surface area (Å²) >= 11 is 0. The number of aliphatic hydroxyl groups is 1. The minimum Gasteiger partial charge on any atom is -0.491 e. The molecule has 176 valence electrons. The van der Waals surface area contributed by atoms with Crippen LogP contribution < -0.4 is 15.4 Å². The minimum atomic E-state index is -0.811. The Balaban J connectivity index is 1.54. The Kier molecular flexibility index (Phi) is 6.51. The van der Waals surface area contributed by atoms with Crippen LogP contribution in [0.2, 0.25) is 0 Å². The molecule has 2 aromatic carbocycles. The van der Waals surface area contributed by atoms with E-state index in [0.717, 1.165) is 11.0 Å². The molecule has 1 aliphatic carbocycles. The van der Waals surface area contributed by atoms with E-state index in [1.807, 2.05) is 24.3 Å². The summed E-state index contributed by atoms with van der Waals surface area (Å²) in [5, 5.41) is 16.0. The zero-order valence-electron chi connectivity index (χ0n) is 18.6. The van der Waals surface area contributed by atoms with Crippen molar-refractivity contribution in [3.05, 3.63) is 59.4 Å². The maximum atomic E-state index is 14.3. The lowest BCUT2D eigenvalue weighted by Crippen LogP contribution is -2.47. The Morgan fingerprint density at radius 1 is 1.27 bits per heavy atom. The highest BCUT2D eigenvalue weighted by molar-refractivity contribution is 5.76. The average molecular weight is 459 g/mol. The maximum absolute atomic E-state index is 14.3. The Bertz CT molecular complexity index is 1080. The number of halogens is 2. The second kappa shape index (κ2) is 9.35. The molecule has 1 unspecified atom stereocenters. The summed E-state index contributed by atoms with van der Waals surface area (Å²) in [4.78, 5) is 20.6. The van der Waals surface area contributed by atoms with Crippen molar-refractivity contribution < 1.29 is 23.4 Å². The zero-order valence-corrected chi connectivity index (χ0v) is 18.6. The number of benzene rings is 2. The zero-order chi connectivity index (χ0) is 23.6. The number of fused-ring (bicyclic) bond motifs is 1. The molecule has 9 heteroatoms. The van der Waals surface area contributed by atoms with Gasteiger partial charge in [0.1, 0.15) is 5.82 Å². The Morgan fingerprint density at radius 3 is 2.58 bits per heavy atom. The van der Waals surface area contributed by atoms with Gasteiger partial charge in [-0.15, -0.1) is 0 Å². The molecule has 1 atom stereocenters. The maximum Gasteiger partial charge on any atom is 0.315 e. The lowest BCUT2D eigenvalue weighted by molar-refractivity contribution is 0.0151. The van der Waals surface area contributed by atoms with E-state index >= 15 is 0 Å². The van der Waals surface area contributed by atoms with E-state index in [1.54, 1.807) is 6.92 Å². The van der Waals surface area contributed by atoms with Crippen molar-refractivity contribution in [3.63, 3.8) is 0 Å². The highest BCUT2D eigenvalue weighted by Crippen LogP contribution is 2.28. The van der Waals surface area contributed by atoms with Crippen molar-refractivity contribution in [3.8, 4) is 5.75 Å². The first-order valence-electron chi connectivity index (χ1n) is 11.0. The van der Waals surface area contributed by atoms with Gasteiger partial charge >= 0.3 is 6.03 Å². The number of aromatic amines is 1. The lowest BCUT2D eigenvalue weighted by atomic mass is 9.84. The second-order valence-electron chi connectivity index (χ2n) is 8.88. The van der Waals surface area contributed by atoms with E-state index in [2.05, 4.69) is 20.6 Å². The number of nitrogens with zero attached hydrogens (tertiary/aromatic N) is 1. The van der Waals surface area contributed by atoms with Gasteiger partial charge in [-0.25, -0.2) is 18.6 Å². The summed E-state index contributed by atoms with van der Waals surface area (Å²) in [7, 11) is 1.20. The van der Waals surface area contributed by atoms with Gasteiger partial charge in [-0.2, -0.15) is 0 Å². The highest BCUT2D eigenvalue weighted by atomic mass is 19.1. The molecule has 4 N–H and O–H groups in total. The van der Waals surface area contributed by atoms with Crippen molar-refractivity contribution in [2.24, 2.45) is 0 Å². The van der Waals surface area contributed by atoms with E-state index in [4.69, 9.17) is 4.74 Å². The summed E-state index contributed by atoms with van der Waals surface area (Å²) in [6.45, 7) is 1.80. The normalized spacial score (nSPS) is 21.5. The summed E-state index contributed by atoms with van der Waals surface area (Å²) in [5.74, 6) is -1.59. The Labute approximate surface area is 190 Å². The molecule has 3 aromatic rings. The number of imidazole rings is 1. The third kappa shape index (κ3) is 5.42. The Hall–Kier alpha value is -3.20. The van der Waals surface area contributed by atoms with Crippen LogP contribution in [-0.4, -0.2) is 39.9 Å². The fourth-order valence-corrected chi connectivity index (χ4v) is 4.28. The van der Waals surface area contributed by atoms with Crippen molar-refractivity contribution in [2.45, 2.75) is 56.7 Å². The van der Waals surface area contributed by atoms with Gasteiger partial charge in [0.25, 0.3) is 0 Å². The molecule has 0 bridgehead atoms. The summed E-state index contributed by atoms with van der Waals surface area (Å²) in [6, 6.07) is 8.70. The summed E-state index contributed by atoms with van der Waals surface area (Å²) in [6.07, 6.45) is 2.67. The molecule has 1 heterocycles. The molecule has 33 heavy (non-hydrogen) atoms. The summed E-state index contributed by atoms with van der Waals surface area (Å²) in [5.41, 5.74) is 1.17. The third-order valence-electron chi connectivity index (χ3n) is 6.14. The first kappa shape index (κ1) is 23.0. The van der Waals surface area contributed by atoms with E-state index in [1.165, 1.54) is 19.2 Å². The number of methoxy groups -OCH3 is 1. The number of hydrogen-bond donors (Lipinski definition) is 4. The standard InChI is InChI=1S/C24H28F2N4O3/c1-24(32)9-7-15(8-10-24)27-23(31)30-20(22-28-18-5-3-4-6-19(18)29-22)13-14-11-16(25)21(33-2)17(26)12-14/h3-6,11-12,15,20,32H,7-10,13H2,1-2H3,(H,28,29)(H2,27,30,31). The van der Waals surface area contributed by atoms with Crippen molar-refractivity contribution in [1.29, 1.82) is 0 Å². The van der Waals surface area contributed by atoms with Gasteiger partial charge in [-0.05, 0) is 62.4 Å². The number of hydrogen-bond acceptors (Lipinski definition) is 4. The van der Waals surface area contributed by atoms with E-state index in [-0.39, 0.29) is 12.5 Å². The number of aromatic nitrogens is 2. The van der Waals surface area contributed by atoms with Crippen molar-refractivity contribution in [2.75, 3.05) is 7.11 Å². The second-order valence-corrected chi connectivity index (χ2v) is 8.88. The van der Waals surface area contributed by atoms with Gasteiger partial charge in [0.05, 0.1) is 29.8 Å². The molecule has 1 saturated carbocycles. The van der Waals surface area contributed by atoms with Crippen LogP contribution in [-0.2, 0) is 6.42 Å². The van der Waals surface area contributed by atoms with Crippen LogP contribution in [0.4, 0.5) is 13.6 Å². The fourth-order valence-electron chi connectivity index (χ4n) is 4.28. The van der Waals surface area contributed by atoms with E-state index in [9.17, 15) is 18.7 Å². The van der Waals surface area contributed by atoms with Crippen LogP contribution in [0.25, 0.3) is 11.0 Å². The van der Waals surface area contributed by atoms with Gasteiger partial charge in [-0.3, -0.25) is 0 Å². The molecule has 7 nitrogen and oxygen atoms in total. The first-order chi connectivity index (χ1) is 15.7. The number of para-hydroxylation sites is 2. The lowest BCUT2D eigenvalue weighted by Gasteiger charge is -2.33. The number of rotatable bonds is 6. The van der Waals surface area contributed by atoms with Crippen LogP contribution in [0.5, 0.6) is 5.75 Å². The number of nitrogens with one attached hydrogen (secondary N) is 3. The minimum absolute atomic E-state index is 0.0579. The number of H-pyrrole nitrogens is 1. The molecular weight excluding hydrogens is 430 g/mol. The van der Waals surface area contributed by atoms with Gasteiger partial charge in [-0.1, -0.05) is 12.1 Å². The first-order valence-corrected chi connectivity index (χ1v) is 11.0. The van der Waals surface area contributed by atoms with Gasteiger partial charge < -0.3 is 25.5 Å². The van der Waals surface area contributed by atoms with E-state index < -0.39 is 35.1 Å². The smallest absolute Gasteiger partial charge is 0.315 e. The number of carbonyl (C=O) groups is 1. The molecule has 1 aliphatic rings. The molecule has 1 aromatic heterocycles. The summed E-state index contributed by atoms with van der Waals surface area (Å²) < 4.78 is 33.3. The predicted octanol–water partition coefficient (Wildman–Crippen LogP) is 4.13. The van der Waals surface area contributed by atoms with Crippen LogP contribution >= 0.6 is 0 Å². The van der Waals surface area contributed by atoms with Crippen LogP contribution in [0.1, 0.15) is 50.0 Å². The van der Waals surface area contributed by atoms with Gasteiger partial charge in [0.2, 0.25) is 0 Å². The largest absolute Gasteiger partial charge is 0.491 e. The van der Waals surface area contributed by atoms with Crippen molar-refractivity contribution in [1.82, 2.24) is 20.6 Å². The molecule has 0 saturated heterocycles. The van der Waals surface area contributed by atoms with Gasteiger partial charge in [0, 0.05) is 12.5 Å². The Morgan fingerprint density at radius 2 is 1.94 bits per heavy atom. The van der Waals surface area contributed by atoms with Gasteiger partial charge in [0.15, 0.2) is 17.4 Å². The number of carbonyl (C=O) groups excluding carboxylic acids is 1. The number of ether oxygens (including phenoxy) is 1. The molecule has 1 fully saturated rings. The molecule has 2 amide bonds. The molecular formula is C24H28F2N4O3. The third-order valence-corrected chi connectivity index (χ3v) is 6.14.